The van der Waals surface area contributed by atoms with Crippen molar-refractivity contribution < 1.29 is 13.2 Å². The van der Waals surface area contributed by atoms with Crippen LogP contribution < -0.4 is 0 Å². The summed E-state index contributed by atoms with van der Waals surface area (Å²) in [4.78, 5) is 0. The second kappa shape index (κ2) is 2.89. The van der Waals surface area contributed by atoms with Gasteiger partial charge in [0.25, 0.3) is 0 Å². The van der Waals surface area contributed by atoms with Gasteiger partial charge < -0.3 is 0 Å². The highest BCUT2D eigenvalue weighted by Crippen LogP contribution is 2.30. The fraction of sp³-hybridized carbons (Fsp3) is 1.00. The monoisotopic (exact) mass is 238 g/mol. The van der Waals surface area contributed by atoms with Crippen LogP contribution in [0.25, 0.3) is 0 Å². The molecular formula is C4H6F3I. The molecule has 0 saturated heterocycles. The molecule has 0 aliphatic heterocycles. The maximum Gasteiger partial charge on any atom is 0.326 e. The van der Waals surface area contributed by atoms with Crippen molar-refractivity contribution in [1.82, 2.24) is 0 Å². The first-order valence-corrected chi connectivity index (χ1v) is 3.27. The van der Waals surface area contributed by atoms with Gasteiger partial charge in [0, 0.05) is 22.6 Å². The average Bonchev–Trinajstić information content (AvgIpc) is 1.62. The third kappa shape index (κ3) is 2.74. The highest BCUT2D eigenvalue weighted by molar-refractivity contribution is 14.1. The van der Waals surface area contributed by atoms with Crippen LogP contribution in [-0.4, -0.2) is 10.1 Å². The van der Waals surface area contributed by atoms with Gasteiger partial charge in [-0.05, 0) is 6.42 Å². The molecule has 0 rings (SSSR count). The number of rotatable bonds is 2. The highest BCUT2D eigenvalue weighted by atomic mass is 127. The summed E-state index contributed by atoms with van der Waals surface area (Å²) >= 11 is 0.794. The van der Waals surface area contributed by atoms with E-state index in [-0.39, 0.29) is 6.42 Å². The second-order valence-corrected chi connectivity index (χ2v) is 2.86. The van der Waals surface area contributed by atoms with E-state index in [1.807, 2.05) is 0 Å². The molecule has 0 radical (unpaired) electrons. The van der Waals surface area contributed by atoms with Gasteiger partial charge in [0.1, 0.15) is 0 Å². The van der Waals surface area contributed by atoms with E-state index in [0.29, 0.717) is 0 Å². The topological polar surface area (TPSA) is 0 Å². The van der Waals surface area contributed by atoms with Gasteiger partial charge in [-0.15, -0.1) is 0 Å². The molecular weight excluding hydrogens is 232 g/mol. The number of hydrogen-bond acceptors (Lipinski definition) is 0. The Bertz CT molecular complexity index is 68.2. The Kier molecular flexibility index (Phi) is 3.08. The van der Waals surface area contributed by atoms with Crippen LogP contribution in [-0.2, 0) is 0 Å². The Morgan fingerprint density at radius 1 is 1.62 bits per heavy atom. The molecule has 0 bridgehead atoms. The third-order valence-corrected chi connectivity index (χ3v) is 1.39. The minimum atomic E-state index is -3.19. The largest absolute Gasteiger partial charge is 0.326 e. The molecule has 1 atom stereocenters. The Balaban J connectivity index is 3.62. The molecule has 0 aliphatic carbocycles. The minimum absolute atomic E-state index is 0.129. The van der Waals surface area contributed by atoms with Crippen molar-refractivity contribution in [1.29, 1.82) is 0 Å². The molecule has 0 aromatic carbocycles. The zero-order valence-electron chi connectivity index (χ0n) is 4.30. The van der Waals surface area contributed by atoms with Crippen LogP contribution in [0.5, 0.6) is 0 Å². The van der Waals surface area contributed by atoms with E-state index in [1.54, 1.807) is 0 Å². The third-order valence-electron chi connectivity index (χ3n) is 0.714. The van der Waals surface area contributed by atoms with Crippen LogP contribution in [0, 0.1) is 0 Å². The molecule has 0 N–H and O–H groups in total. The number of hydrogen-bond donors (Lipinski definition) is 0. The Morgan fingerprint density at radius 2 is 2.00 bits per heavy atom. The standard InChI is InChI=1S/C4H6F3I/c1-2-3(5)4(6,7)8/h3H,2H2,1H3. The zero-order chi connectivity index (χ0) is 6.78. The number of halogens is 4. The molecule has 0 heterocycles. The van der Waals surface area contributed by atoms with E-state index in [9.17, 15) is 13.2 Å². The first-order valence-electron chi connectivity index (χ1n) is 2.19. The molecule has 0 saturated carbocycles. The molecule has 0 aromatic heterocycles. The van der Waals surface area contributed by atoms with Crippen molar-refractivity contribution in [2.24, 2.45) is 0 Å². The van der Waals surface area contributed by atoms with Crippen LogP contribution in [0.1, 0.15) is 13.3 Å². The summed E-state index contributed by atoms with van der Waals surface area (Å²) in [5.74, 6) is 0. The predicted molar refractivity (Wildman–Crippen MR) is 34.2 cm³/mol. The van der Waals surface area contributed by atoms with Gasteiger partial charge in [-0.2, -0.15) is 8.78 Å². The molecule has 4 heteroatoms. The van der Waals surface area contributed by atoms with E-state index in [1.165, 1.54) is 6.92 Å². The summed E-state index contributed by atoms with van der Waals surface area (Å²) in [7, 11) is 0. The Hall–Kier alpha value is 0.520. The van der Waals surface area contributed by atoms with Crippen molar-refractivity contribution >= 4 is 22.6 Å². The normalized spacial score (nSPS) is 16.1. The molecule has 50 valence electrons. The lowest BCUT2D eigenvalue weighted by Gasteiger charge is -2.10. The lowest BCUT2D eigenvalue weighted by molar-refractivity contribution is 0.0307. The fourth-order valence-corrected chi connectivity index (χ4v) is 0.672. The van der Waals surface area contributed by atoms with Gasteiger partial charge in [0.05, 0.1) is 0 Å². The van der Waals surface area contributed by atoms with Gasteiger partial charge in [0.2, 0.25) is 0 Å². The van der Waals surface area contributed by atoms with Crippen molar-refractivity contribution in [2.45, 2.75) is 23.4 Å². The van der Waals surface area contributed by atoms with Crippen molar-refractivity contribution in [2.75, 3.05) is 0 Å². The molecule has 0 nitrogen and oxygen atoms in total. The summed E-state index contributed by atoms with van der Waals surface area (Å²) < 4.78 is 32.1. The maximum atomic E-state index is 11.9. The summed E-state index contributed by atoms with van der Waals surface area (Å²) in [6.07, 6.45) is -2.13. The predicted octanol–water partition coefficient (Wildman–Crippen LogP) is 2.76. The fourth-order valence-electron chi connectivity index (χ4n) is 0.231. The number of alkyl halides is 4. The highest BCUT2D eigenvalue weighted by Gasteiger charge is 2.34. The lowest BCUT2D eigenvalue weighted by Crippen LogP contribution is -2.20. The van der Waals surface area contributed by atoms with Crippen LogP contribution >= 0.6 is 22.6 Å². The van der Waals surface area contributed by atoms with Crippen molar-refractivity contribution in [3.63, 3.8) is 0 Å². The Morgan fingerprint density at radius 3 is 2.00 bits per heavy atom. The van der Waals surface area contributed by atoms with Crippen molar-refractivity contribution in [3.8, 4) is 0 Å². The molecule has 1 unspecified atom stereocenters. The van der Waals surface area contributed by atoms with Crippen LogP contribution in [0.3, 0.4) is 0 Å². The summed E-state index contributed by atoms with van der Waals surface area (Å²) in [5.41, 5.74) is 0. The maximum absolute atomic E-state index is 11.9. The summed E-state index contributed by atoms with van der Waals surface area (Å²) in [6.45, 7) is 1.39. The molecule has 0 spiro atoms. The zero-order valence-corrected chi connectivity index (χ0v) is 6.45. The van der Waals surface area contributed by atoms with Crippen LogP contribution in [0.2, 0.25) is 0 Å². The van der Waals surface area contributed by atoms with Crippen LogP contribution in [0.4, 0.5) is 13.2 Å². The SMILES string of the molecule is CCC(F)C(F)(F)I. The molecule has 0 aliphatic rings. The van der Waals surface area contributed by atoms with Gasteiger partial charge in [-0.1, -0.05) is 6.92 Å². The van der Waals surface area contributed by atoms with E-state index in [2.05, 4.69) is 0 Å². The molecule has 0 fully saturated rings. The van der Waals surface area contributed by atoms with Gasteiger partial charge in [0.15, 0.2) is 6.17 Å². The minimum Gasteiger partial charge on any atom is -0.240 e. The van der Waals surface area contributed by atoms with E-state index < -0.39 is 10.1 Å². The van der Waals surface area contributed by atoms with E-state index in [4.69, 9.17) is 0 Å². The summed E-state index contributed by atoms with van der Waals surface area (Å²) in [6, 6.07) is 0. The Labute approximate surface area is 59.6 Å². The van der Waals surface area contributed by atoms with Gasteiger partial charge in [-0.3, -0.25) is 0 Å². The van der Waals surface area contributed by atoms with Gasteiger partial charge >= 0.3 is 3.93 Å². The van der Waals surface area contributed by atoms with Crippen molar-refractivity contribution in [3.05, 3.63) is 0 Å². The summed E-state index contributed by atoms with van der Waals surface area (Å²) in [5, 5.41) is 0. The second-order valence-electron chi connectivity index (χ2n) is 1.42. The van der Waals surface area contributed by atoms with E-state index in [0.717, 1.165) is 22.6 Å². The first kappa shape index (κ1) is 8.52. The smallest absolute Gasteiger partial charge is 0.240 e. The molecule has 0 amide bonds. The average molecular weight is 238 g/mol. The molecule has 8 heavy (non-hydrogen) atoms. The first-order chi connectivity index (χ1) is 3.48. The lowest BCUT2D eigenvalue weighted by atomic mass is 10.3. The molecule has 0 aromatic rings. The van der Waals surface area contributed by atoms with E-state index >= 15 is 0 Å². The van der Waals surface area contributed by atoms with Gasteiger partial charge in [-0.25, -0.2) is 4.39 Å². The van der Waals surface area contributed by atoms with Crippen LogP contribution in [0.15, 0.2) is 0 Å². The quantitative estimate of drug-likeness (QED) is 0.512.